The molecule has 0 spiro atoms. The van der Waals surface area contributed by atoms with E-state index in [0.29, 0.717) is 24.4 Å². The highest BCUT2D eigenvalue weighted by molar-refractivity contribution is 5.98. The smallest absolute Gasteiger partial charge is 0.229 e. The third kappa shape index (κ3) is 4.09. The quantitative estimate of drug-likeness (QED) is 0.845. The molecular formula is C16H23N3O2. The molecule has 0 aromatic carbocycles. The van der Waals surface area contributed by atoms with Crippen LogP contribution in [0, 0.1) is 5.41 Å². The van der Waals surface area contributed by atoms with E-state index in [9.17, 15) is 9.59 Å². The Balaban J connectivity index is 2.07. The van der Waals surface area contributed by atoms with E-state index in [1.165, 1.54) is 0 Å². The number of rotatable bonds is 5. The Labute approximate surface area is 125 Å². The molecule has 5 nitrogen and oxygen atoms in total. The molecular weight excluding hydrogens is 266 g/mol. The van der Waals surface area contributed by atoms with E-state index in [-0.39, 0.29) is 17.1 Å². The number of hydrogen-bond acceptors (Lipinski definition) is 4. The SMILES string of the molecule is CCCCCC(=O)Nc1ncc2c(n1)CC(C)(C)CC2=O. The summed E-state index contributed by atoms with van der Waals surface area (Å²) in [6.45, 7) is 6.21. The Bertz CT molecular complexity index is 552. The molecule has 1 N–H and O–H groups in total. The Morgan fingerprint density at radius 3 is 2.81 bits per heavy atom. The molecule has 0 radical (unpaired) electrons. The molecule has 0 atom stereocenters. The number of carbonyl (C=O) groups excluding carboxylic acids is 2. The fraction of sp³-hybridized carbons (Fsp3) is 0.625. The van der Waals surface area contributed by atoms with Crippen molar-refractivity contribution in [2.24, 2.45) is 5.41 Å². The van der Waals surface area contributed by atoms with Gasteiger partial charge < -0.3 is 0 Å². The molecule has 0 aliphatic heterocycles. The maximum atomic E-state index is 12.0. The van der Waals surface area contributed by atoms with E-state index in [1.807, 2.05) is 0 Å². The van der Waals surface area contributed by atoms with Gasteiger partial charge in [0.15, 0.2) is 5.78 Å². The number of anilines is 1. The van der Waals surface area contributed by atoms with Gasteiger partial charge in [-0.05, 0) is 18.3 Å². The van der Waals surface area contributed by atoms with Crippen LogP contribution in [0.2, 0.25) is 0 Å². The van der Waals surface area contributed by atoms with Gasteiger partial charge in [0.05, 0.1) is 11.3 Å². The molecule has 0 saturated heterocycles. The number of unbranched alkanes of at least 4 members (excludes halogenated alkanes) is 2. The summed E-state index contributed by atoms with van der Waals surface area (Å²) in [5, 5.41) is 2.72. The van der Waals surface area contributed by atoms with Crippen LogP contribution in [0.3, 0.4) is 0 Å². The van der Waals surface area contributed by atoms with Crippen molar-refractivity contribution in [1.29, 1.82) is 0 Å². The molecule has 1 aliphatic carbocycles. The number of hydrogen-bond donors (Lipinski definition) is 1. The summed E-state index contributed by atoms with van der Waals surface area (Å²) >= 11 is 0. The van der Waals surface area contributed by atoms with Crippen LogP contribution in [-0.4, -0.2) is 21.7 Å². The van der Waals surface area contributed by atoms with Gasteiger partial charge in [-0.15, -0.1) is 0 Å². The Morgan fingerprint density at radius 1 is 1.33 bits per heavy atom. The van der Waals surface area contributed by atoms with Crippen LogP contribution in [0.1, 0.15) is 68.9 Å². The first-order chi connectivity index (χ1) is 9.91. The minimum atomic E-state index is -0.0825. The normalized spacial score (nSPS) is 16.4. The van der Waals surface area contributed by atoms with Gasteiger partial charge in [0.1, 0.15) is 0 Å². The molecule has 0 saturated carbocycles. The summed E-state index contributed by atoms with van der Waals surface area (Å²) in [5.41, 5.74) is 1.26. The first-order valence-electron chi connectivity index (χ1n) is 7.60. The van der Waals surface area contributed by atoms with Crippen molar-refractivity contribution in [3.8, 4) is 0 Å². The summed E-state index contributed by atoms with van der Waals surface area (Å²) in [6.07, 6.45) is 6.28. The van der Waals surface area contributed by atoms with Crippen molar-refractivity contribution in [2.45, 2.75) is 59.3 Å². The second-order valence-corrected chi connectivity index (χ2v) is 6.50. The maximum Gasteiger partial charge on any atom is 0.229 e. The monoisotopic (exact) mass is 289 g/mol. The Kier molecular flexibility index (Phi) is 4.70. The van der Waals surface area contributed by atoms with E-state index < -0.39 is 0 Å². The van der Waals surface area contributed by atoms with Gasteiger partial charge in [-0.25, -0.2) is 9.97 Å². The maximum absolute atomic E-state index is 12.0. The van der Waals surface area contributed by atoms with Crippen LogP contribution in [0.15, 0.2) is 6.20 Å². The molecule has 114 valence electrons. The van der Waals surface area contributed by atoms with Crippen LogP contribution < -0.4 is 5.32 Å². The van der Waals surface area contributed by atoms with E-state index in [2.05, 4.69) is 36.1 Å². The zero-order valence-electron chi connectivity index (χ0n) is 13.0. The number of fused-ring (bicyclic) bond motifs is 1. The van der Waals surface area contributed by atoms with Crippen molar-refractivity contribution < 1.29 is 9.59 Å². The second kappa shape index (κ2) is 6.33. The number of amides is 1. The van der Waals surface area contributed by atoms with Crippen LogP contribution in [0.4, 0.5) is 5.95 Å². The third-order valence-electron chi connectivity index (χ3n) is 3.71. The lowest BCUT2D eigenvalue weighted by Gasteiger charge is -2.29. The number of ketones is 1. The highest BCUT2D eigenvalue weighted by atomic mass is 16.1. The molecule has 0 unspecified atom stereocenters. The Hall–Kier alpha value is -1.78. The summed E-state index contributed by atoms with van der Waals surface area (Å²) in [6, 6.07) is 0. The van der Waals surface area contributed by atoms with Crippen molar-refractivity contribution in [1.82, 2.24) is 9.97 Å². The lowest BCUT2D eigenvalue weighted by molar-refractivity contribution is -0.116. The fourth-order valence-electron chi connectivity index (χ4n) is 2.61. The van der Waals surface area contributed by atoms with Crippen LogP contribution >= 0.6 is 0 Å². The van der Waals surface area contributed by atoms with Gasteiger partial charge in [-0.1, -0.05) is 33.6 Å². The van der Waals surface area contributed by atoms with Gasteiger partial charge in [0.2, 0.25) is 11.9 Å². The Morgan fingerprint density at radius 2 is 2.10 bits per heavy atom. The van der Waals surface area contributed by atoms with Gasteiger partial charge in [-0.3, -0.25) is 14.9 Å². The highest BCUT2D eigenvalue weighted by Crippen LogP contribution is 2.33. The van der Waals surface area contributed by atoms with Crippen molar-refractivity contribution in [3.05, 3.63) is 17.5 Å². The van der Waals surface area contributed by atoms with Crippen LogP contribution in [0.25, 0.3) is 0 Å². The molecule has 1 amide bonds. The number of aromatic nitrogens is 2. The average molecular weight is 289 g/mol. The van der Waals surface area contributed by atoms with Gasteiger partial charge in [-0.2, -0.15) is 0 Å². The molecule has 1 heterocycles. The number of carbonyl (C=O) groups is 2. The summed E-state index contributed by atoms with van der Waals surface area (Å²) in [5.74, 6) is 0.326. The van der Waals surface area contributed by atoms with E-state index in [0.717, 1.165) is 31.4 Å². The first kappa shape index (κ1) is 15.6. The highest BCUT2D eigenvalue weighted by Gasteiger charge is 2.32. The van der Waals surface area contributed by atoms with E-state index in [4.69, 9.17) is 0 Å². The molecule has 1 aliphatic rings. The standard InChI is InChI=1S/C16H23N3O2/c1-4-5-6-7-14(21)19-15-17-10-11-12(18-15)8-16(2,3)9-13(11)20/h10H,4-9H2,1-3H3,(H,17,18,19,21). The predicted octanol–water partition coefficient (Wildman–Crippen LogP) is 3.15. The van der Waals surface area contributed by atoms with E-state index in [1.54, 1.807) is 6.20 Å². The number of nitrogens with one attached hydrogen (secondary N) is 1. The molecule has 2 rings (SSSR count). The summed E-state index contributed by atoms with van der Waals surface area (Å²) in [7, 11) is 0. The van der Waals surface area contributed by atoms with Gasteiger partial charge >= 0.3 is 0 Å². The average Bonchev–Trinajstić information content (AvgIpc) is 2.37. The molecule has 21 heavy (non-hydrogen) atoms. The summed E-state index contributed by atoms with van der Waals surface area (Å²) < 4.78 is 0. The molecule has 1 aromatic rings. The van der Waals surface area contributed by atoms with Crippen molar-refractivity contribution >= 4 is 17.6 Å². The zero-order chi connectivity index (χ0) is 15.5. The molecule has 0 fully saturated rings. The molecule has 1 aromatic heterocycles. The minimum absolute atomic E-state index is 0.0650. The fourth-order valence-corrected chi connectivity index (χ4v) is 2.61. The third-order valence-corrected chi connectivity index (χ3v) is 3.71. The number of Topliss-reactive ketones (excluding diaryl/α,β-unsaturated/α-hetero) is 1. The second-order valence-electron chi connectivity index (χ2n) is 6.50. The van der Waals surface area contributed by atoms with Crippen molar-refractivity contribution in [3.63, 3.8) is 0 Å². The molecule has 5 heteroatoms. The van der Waals surface area contributed by atoms with Crippen molar-refractivity contribution in [2.75, 3.05) is 5.32 Å². The van der Waals surface area contributed by atoms with Crippen LogP contribution in [0.5, 0.6) is 0 Å². The molecule has 0 bridgehead atoms. The first-order valence-corrected chi connectivity index (χ1v) is 7.60. The largest absolute Gasteiger partial charge is 0.295 e. The minimum Gasteiger partial charge on any atom is -0.295 e. The van der Waals surface area contributed by atoms with Crippen LogP contribution in [-0.2, 0) is 11.2 Å². The van der Waals surface area contributed by atoms with E-state index >= 15 is 0 Å². The zero-order valence-corrected chi connectivity index (χ0v) is 13.0. The predicted molar refractivity (Wildman–Crippen MR) is 81.2 cm³/mol. The van der Waals surface area contributed by atoms with Gasteiger partial charge in [0.25, 0.3) is 0 Å². The lowest BCUT2D eigenvalue weighted by Crippen LogP contribution is -2.28. The number of nitrogens with zero attached hydrogens (tertiary/aromatic N) is 2. The topological polar surface area (TPSA) is 72.0 Å². The summed E-state index contributed by atoms with van der Waals surface area (Å²) in [4.78, 5) is 32.3. The van der Waals surface area contributed by atoms with Gasteiger partial charge in [0, 0.05) is 19.0 Å². The lowest BCUT2D eigenvalue weighted by atomic mass is 9.76.